The van der Waals surface area contributed by atoms with E-state index in [1.165, 1.54) is 0 Å². The smallest absolute Gasteiger partial charge is 0.243 e. The van der Waals surface area contributed by atoms with Crippen molar-refractivity contribution in [1.82, 2.24) is 14.9 Å². The number of carbonyl (C=O) groups is 1. The zero-order valence-corrected chi connectivity index (χ0v) is 10.4. The van der Waals surface area contributed by atoms with Crippen molar-refractivity contribution >= 4 is 34.5 Å². The zero-order chi connectivity index (χ0) is 12.7. The molecule has 0 bridgehead atoms. The fourth-order valence-electron chi connectivity index (χ4n) is 2.43. The molecule has 3 N–H and O–H groups in total. The number of carbonyl (C=O) groups excluding carboxylic acids is 1. The molecule has 94 valence electrons. The maximum atomic E-state index is 11.9. The highest BCUT2D eigenvalue weighted by molar-refractivity contribution is 6.35. The first-order valence-corrected chi connectivity index (χ1v) is 6.26. The zero-order valence-electron chi connectivity index (χ0n) is 9.69. The Hall–Kier alpha value is -1.75. The van der Waals surface area contributed by atoms with Gasteiger partial charge in [0.25, 0.3) is 0 Å². The highest BCUT2D eigenvalue weighted by atomic mass is 35.5. The SMILES string of the molecule is Nc1nc2c(Cl)cccc2n1C1CCCNC1=O. The Morgan fingerprint density at radius 2 is 2.33 bits per heavy atom. The van der Waals surface area contributed by atoms with Crippen LogP contribution in [0.5, 0.6) is 0 Å². The second kappa shape index (κ2) is 4.17. The molecule has 2 aromatic rings. The molecule has 0 aliphatic carbocycles. The van der Waals surface area contributed by atoms with Crippen molar-refractivity contribution in [3.63, 3.8) is 0 Å². The maximum Gasteiger partial charge on any atom is 0.243 e. The van der Waals surface area contributed by atoms with Crippen molar-refractivity contribution in [2.75, 3.05) is 12.3 Å². The summed E-state index contributed by atoms with van der Waals surface area (Å²) in [6, 6.07) is 5.19. The Morgan fingerprint density at radius 1 is 1.50 bits per heavy atom. The second-order valence-corrected chi connectivity index (χ2v) is 4.80. The van der Waals surface area contributed by atoms with E-state index in [9.17, 15) is 4.79 Å². The number of amides is 1. The minimum atomic E-state index is -0.290. The minimum Gasteiger partial charge on any atom is -0.369 e. The number of nitrogen functional groups attached to an aromatic ring is 1. The van der Waals surface area contributed by atoms with Crippen molar-refractivity contribution in [3.8, 4) is 0 Å². The van der Waals surface area contributed by atoms with E-state index in [2.05, 4.69) is 10.3 Å². The molecule has 1 aliphatic heterocycles. The molecule has 0 radical (unpaired) electrons. The summed E-state index contributed by atoms with van der Waals surface area (Å²) in [5.41, 5.74) is 7.38. The number of anilines is 1. The summed E-state index contributed by atoms with van der Waals surface area (Å²) >= 11 is 6.09. The molecule has 3 rings (SSSR count). The van der Waals surface area contributed by atoms with E-state index in [1.807, 2.05) is 12.1 Å². The Labute approximate surface area is 109 Å². The van der Waals surface area contributed by atoms with Gasteiger partial charge in [0.05, 0.1) is 10.5 Å². The standard InChI is InChI=1S/C12H13ClN4O/c13-7-3-1-4-8-10(7)16-12(14)17(8)9-5-2-6-15-11(9)18/h1,3-4,9H,2,5-6H2,(H2,14,16)(H,15,18). The predicted octanol–water partition coefficient (Wildman–Crippen LogP) is 1.72. The number of hydrogen-bond acceptors (Lipinski definition) is 3. The predicted molar refractivity (Wildman–Crippen MR) is 70.4 cm³/mol. The number of nitrogens with zero attached hydrogens (tertiary/aromatic N) is 2. The lowest BCUT2D eigenvalue weighted by Crippen LogP contribution is -2.38. The molecule has 1 aromatic heterocycles. The van der Waals surface area contributed by atoms with E-state index >= 15 is 0 Å². The Balaban J connectivity index is 2.19. The van der Waals surface area contributed by atoms with E-state index in [4.69, 9.17) is 17.3 Å². The van der Waals surface area contributed by atoms with E-state index < -0.39 is 0 Å². The summed E-state index contributed by atoms with van der Waals surface area (Å²) in [5.74, 6) is 0.326. The number of halogens is 1. The molecule has 1 aliphatic rings. The van der Waals surface area contributed by atoms with Gasteiger partial charge >= 0.3 is 0 Å². The molecule has 1 amide bonds. The third kappa shape index (κ3) is 1.62. The molecule has 6 heteroatoms. The lowest BCUT2D eigenvalue weighted by molar-refractivity contribution is -0.125. The molecule has 2 heterocycles. The van der Waals surface area contributed by atoms with Crippen LogP contribution in [0.1, 0.15) is 18.9 Å². The molecule has 5 nitrogen and oxygen atoms in total. The lowest BCUT2D eigenvalue weighted by atomic mass is 10.1. The van der Waals surface area contributed by atoms with E-state index in [0.29, 0.717) is 16.5 Å². The average Bonchev–Trinajstić information content (AvgIpc) is 2.68. The molecule has 18 heavy (non-hydrogen) atoms. The third-order valence-corrected chi connectivity index (χ3v) is 3.57. The van der Waals surface area contributed by atoms with Gasteiger partial charge in [0, 0.05) is 6.54 Å². The Bertz CT molecular complexity index is 622. The normalized spacial score (nSPS) is 20.1. The summed E-state index contributed by atoms with van der Waals surface area (Å²) in [7, 11) is 0. The molecule has 1 aromatic carbocycles. The van der Waals surface area contributed by atoms with Gasteiger partial charge in [-0.25, -0.2) is 4.98 Å². The van der Waals surface area contributed by atoms with Gasteiger partial charge in [-0.05, 0) is 25.0 Å². The van der Waals surface area contributed by atoms with Crippen molar-refractivity contribution in [2.24, 2.45) is 0 Å². The lowest BCUT2D eigenvalue weighted by Gasteiger charge is -2.24. The second-order valence-electron chi connectivity index (χ2n) is 4.40. The Morgan fingerprint density at radius 3 is 3.11 bits per heavy atom. The van der Waals surface area contributed by atoms with Crippen LogP contribution < -0.4 is 11.1 Å². The summed E-state index contributed by atoms with van der Waals surface area (Å²) in [6.45, 7) is 0.725. The fourth-order valence-corrected chi connectivity index (χ4v) is 2.64. The fraction of sp³-hybridized carbons (Fsp3) is 0.333. The summed E-state index contributed by atoms with van der Waals surface area (Å²) in [5, 5.41) is 3.40. The van der Waals surface area contributed by atoms with Crippen LogP contribution in [0.3, 0.4) is 0 Å². The number of nitrogens with one attached hydrogen (secondary N) is 1. The monoisotopic (exact) mass is 264 g/mol. The first kappa shape index (κ1) is 11.3. The molecular formula is C12H13ClN4O. The van der Waals surface area contributed by atoms with Crippen molar-refractivity contribution < 1.29 is 4.79 Å². The minimum absolute atomic E-state index is 0.00720. The van der Waals surface area contributed by atoms with E-state index in [1.54, 1.807) is 10.6 Å². The number of para-hydroxylation sites is 1. The first-order valence-electron chi connectivity index (χ1n) is 5.88. The van der Waals surface area contributed by atoms with Crippen molar-refractivity contribution in [3.05, 3.63) is 23.2 Å². The Kier molecular flexibility index (Phi) is 2.63. The molecule has 1 atom stereocenters. The van der Waals surface area contributed by atoms with Crippen LogP contribution in [0.15, 0.2) is 18.2 Å². The topological polar surface area (TPSA) is 72.9 Å². The van der Waals surface area contributed by atoms with Crippen molar-refractivity contribution in [1.29, 1.82) is 0 Å². The number of benzene rings is 1. The van der Waals surface area contributed by atoms with Gasteiger partial charge in [0.2, 0.25) is 11.9 Å². The van der Waals surface area contributed by atoms with Crippen LogP contribution >= 0.6 is 11.6 Å². The molecule has 1 unspecified atom stereocenters. The van der Waals surface area contributed by atoms with Gasteiger partial charge in [-0.3, -0.25) is 9.36 Å². The molecule has 1 fully saturated rings. The number of hydrogen-bond donors (Lipinski definition) is 2. The summed E-state index contributed by atoms with van der Waals surface area (Å²) in [6.07, 6.45) is 1.71. The first-order chi connectivity index (χ1) is 8.68. The number of imidazole rings is 1. The molecule has 0 spiro atoms. The maximum absolute atomic E-state index is 11.9. The van der Waals surface area contributed by atoms with Gasteiger partial charge in [0.15, 0.2) is 0 Å². The number of aromatic nitrogens is 2. The van der Waals surface area contributed by atoms with Gasteiger partial charge in [-0.2, -0.15) is 0 Å². The summed E-state index contributed by atoms with van der Waals surface area (Å²) < 4.78 is 1.77. The highest BCUT2D eigenvalue weighted by Crippen LogP contribution is 2.30. The van der Waals surface area contributed by atoms with Gasteiger partial charge in [-0.15, -0.1) is 0 Å². The quantitative estimate of drug-likeness (QED) is 0.824. The highest BCUT2D eigenvalue weighted by Gasteiger charge is 2.27. The van der Waals surface area contributed by atoms with E-state index in [0.717, 1.165) is 24.9 Å². The number of fused-ring (bicyclic) bond motifs is 1. The average molecular weight is 265 g/mol. The van der Waals surface area contributed by atoms with Gasteiger partial charge < -0.3 is 11.1 Å². The van der Waals surface area contributed by atoms with Crippen molar-refractivity contribution in [2.45, 2.75) is 18.9 Å². The van der Waals surface area contributed by atoms with Crippen LogP contribution in [0, 0.1) is 0 Å². The van der Waals surface area contributed by atoms with Crippen LogP contribution in [0.2, 0.25) is 5.02 Å². The van der Waals surface area contributed by atoms with Gasteiger partial charge in [-0.1, -0.05) is 17.7 Å². The molecule has 1 saturated heterocycles. The van der Waals surface area contributed by atoms with Gasteiger partial charge in [0.1, 0.15) is 11.6 Å². The molecular weight excluding hydrogens is 252 g/mol. The third-order valence-electron chi connectivity index (χ3n) is 3.27. The number of piperidine rings is 1. The van der Waals surface area contributed by atoms with E-state index in [-0.39, 0.29) is 11.9 Å². The van der Waals surface area contributed by atoms with Crippen LogP contribution in [0.25, 0.3) is 11.0 Å². The largest absolute Gasteiger partial charge is 0.369 e. The van der Waals surface area contributed by atoms with Crippen LogP contribution in [0.4, 0.5) is 5.95 Å². The summed E-state index contributed by atoms with van der Waals surface area (Å²) in [4.78, 5) is 16.2. The number of rotatable bonds is 1. The van der Waals surface area contributed by atoms with Crippen LogP contribution in [-0.4, -0.2) is 22.0 Å². The molecule has 0 saturated carbocycles. The van der Waals surface area contributed by atoms with Crippen LogP contribution in [-0.2, 0) is 4.79 Å². The number of nitrogens with two attached hydrogens (primary N) is 1.